The zero-order valence-corrected chi connectivity index (χ0v) is 14.2. The van der Waals surface area contributed by atoms with E-state index in [0.717, 1.165) is 45.2 Å². The van der Waals surface area contributed by atoms with E-state index in [-0.39, 0.29) is 0 Å². The van der Waals surface area contributed by atoms with Crippen molar-refractivity contribution in [3.63, 3.8) is 0 Å². The summed E-state index contributed by atoms with van der Waals surface area (Å²) in [6.07, 6.45) is 5.16. The monoisotopic (exact) mass is 322 g/mol. The fraction of sp³-hybridized carbons (Fsp3) is 0.647. The highest BCUT2D eigenvalue weighted by Crippen LogP contribution is 2.28. The SMILES string of the molecule is CCNCC1CCN(S(=O)(=O)c2ccc3c(c2)CCC3)CC1. The van der Waals surface area contributed by atoms with Crippen molar-refractivity contribution >= 4 is 10.0 Å². The molecule has 2 aliphatic rings. The lowest BCUT2D eigenvalue weighted by molar-refractivity contribution is 0.268. The fourth-order valence-corrected chi connectivity index (χ4v) is 5.08. The third-order valence-corrected chi connectivity index (χ3v) is 6.86. The van der Waals surface area contributed by atoms with Crippen molar-refractivity contribution in [1.82, 2.24) is 9.62 Å². The molecule has 22 heavy (non-hydrogen) atoms. The van der Waals surface area contributed by atoms with E-state index < -0.39 is 10.0 Å². The number of aryl methyl sites for hydroxylation is 2. The van der Waals surface area contributed by atoms with Crippen molar-refractivity contribution in [2.75, 3.05) is 26.2 Å². The lowest BCUT2D eigenvalue weighted by atomic mass is 9.98. The first-order valence-corrected chi connectivity index (χ1v) is 9.88. The molecule has 1 aromatic carbocycles. The maximum Gasteiger partial charge on any atom is 0.243 e. The van der Waals surface area contributed by atoms with Crippen LogP contribution in [0.2, 0.25) is 0 Å². The Hall–Kier alpha value is -0.910. The largest absolute Gasteiger partial charge is 0.317 e. The van der Waals surface area contributed by atoms with E-state index in [1.54, 1.807) is 10.4 Å². The number of rotatable bonds is 5. The van der Waals surface area contributed by atoms with Gasteiger partial charge in [-0.3, -0.25) is 0 Å². The molecule has 1 aliphatic heterocycles. The van der Waals surface area contributed by atoms with Gasteiger partial charge in [0.05, 0.1) is 4.90 Å². The van der Waals surface area contributed by atoms with E-state index in [1.807, 2.05) is 12.1 Å². The Balaban J connectivity index is 1.69. The molecule has 0 saturated carbocycles. The molecule has 0 unspecified atom stereocenters. The predicted molar refractivity (Wildman–Crippen MR) is 88.5 cm³/mol. The molecule has 4 nitrogen and oxygen atoms in total. The number of nitrogens with one attached hydrogen (secondary N) is 1. The van der Waals surface area contributed by atoms with Gasteiger partial charge in [0, 0.05) is 13.1 Å². The lowest BCUT2D eigenvalue weighted by Gasteiger charge is -2.31. The molecule has 1 aliphatic carbocycles. The first-order valence-electron chi connectivity index (χ1n) is 8.44. The summed E-state index contributed by atoms with van der Waals surface area (Å²) in [5, 5.41) is 3.36. The standard InChI is InChI=1S/C17H26N2O2S/c1-2-18-13-14-8-10-19(11-9-14)22(20,21)17-7-6-15-4-3-5-16(15)12-17/h6-7,12,14,18H,2-5,8-11,13H2,1H3. The highest BCUT2D eigenvalue weighted by molar-refractivity contribution is 7.89. The highest BCUT2D eigenvalue weighted by atomic mass is 32.2. The quantitative estimate of drug-likeness (QED) is 0.904. The molecule has 0 radical (unpaired) electrons. The number of piperidine rings is 1. The van der Waals surface area contributed by atoms with Crippen LogP contribution in [-0.4, -0.2) is 38.9 Å². The summed E-state index contributed by atoms with van der Waals surface area (Å²) < 4.78 is 27.3. The average Bonchev–Trinajstić information content (AvgIpc) is 3.01. The van der Waals surface area contributed by atoms with Crippen molar-refractivity contribution in [3.8, 4) is 0 Å². The average molecular weight is 322 g/mol. The molecule has 1 saturated heterocycles. The van der Waals surface area contributed by atoms with Crippen LogP contribution in [0.15, 0.2) is 23.1 Å². The Labute approximate surface area is 134 Å². The van der Waals surface area contributed by atoms with Crippen LogP contribution in [-0.2, 0) is 22.9 Å². The Morgan fingerprint density at radius 2 is 1.91 bits per heavy atom. The van der Waals surface area contributed by atoms with Gasteiger partial charge in [0.2, 0.25) is 10.0 Å². The van der Waals surface area contributed by atoms with E-state index in [4.69, 9.17) is 0 Å². The van der Waals surface area contributed by atoms with Crippen LogP contribution in [0.1, 0.15) is 37.3 Å². The van der Waals surface area contributed by atoms with Gasteiger partial charge < -0.3 is 5.32 Å². The molecular formula is C17H26N2O2S. The van der Waals surface area contributed by atoms with Gasteiger partial charge in [-0.25, -0.2) is 8.42 Å². The van der Waals surface area contributed by atoms with Crippen LogP contribution >= 0.6 is 0 Å². The van der Waals surface area contributed by atoms with Crippen LogP contribution in [0.25, 0.3) is 0 Å². The molecular weight excluding hydrogens is 296 g/mol. The summed E-state index contributed by atoms with van der Waals surface area (Å²) in [4.78, 5) is 0.485. The molecule has 0 aromatic heterocycles. The van der Waals surface area contributed by atoms with E-state index in [0.29, 0.717) is 23.9 Å². The molecule has 122 valence electrons. The second-order valence-electron chi connectivity index (χ2n) is 6.44. The van der Waals surface area contributed by atoms with Gasteiger partial charge >= 0.3 is 0 Å². The Morgan fingerprint density at radius 3 is 2.64 bits per heavy atom. The minimum Gasteiger partial charge on any atom is -0.317 e. The van der Waals surface area contributed by atoms with Gasteiger partial charge in [0.1, 0.15) is 0 Å². The van der Waals surface area contributed by atoms with Gasteiger partial charge in [-0.2, -0.15) is 4.31 Å². The summed E-state index contributed by atoms with van der Waals surface area (Å²) in [7, 11) is -3.31. The van der Waals surface area contributed by atoms with Crippen LogP contribution in [0.4, 0.5) is 0 Å². The number of hydrogen-bond acceptors (Lipinski definition) is 3. The molecule has 0 bridgehead atoms. The van der Waals surface area contributed by atoms with Crippen molar-refractivity contribution in [3.05, 3.63) is 29.3 Å². The first kappa shape index (κ1) is 16.0. The summed E-state index contributed by atoms with van der Waals surface area (Å²) >= 11 is 0. The molecule has 1 heterocycles. The minimum atomic E-state index is -3.31. The van der Waals surface area contributed by atoms with E-state index in [1.165, 1.54) is 11.1 Å². The van der Waals surface area contributed by atoms with E-state index in [9.17, 15) is 8.42 Å². The molecule has 1 aromatic rings. The lowest BCUT2D eigenvalue weighted by Crippen LogP contribution is -2.40. The summed E-state index contributed by atoms with van der Waals surface area (Å²) in [5.74, 6) is 0.603. The van der Waals surface area contributed by atoms with E-state index in [2.05, 4.69) is 12.2 Å². The van der Waals surface area contributed by atoms with Gasteiger partial charge in [-0.15, -0.1) is 0 Å². The summed E-state index contributed by atoms with van der Waals surface area (Å²) in [6.45, 7) is 5.38. The maximum absolute atomic E-state index is 12.8. The molecule has 0 atom stereocenters. The third-order valence-electron chi connectivity index (χ3n) is 4.96. The minimum absolute atomic E-state index is 0.485. The number of hydrogen-bond donors (Lipinski definition) is 1. The molecule has 0 amide bonds. The van der Waals surface area contributed by atoms with Gasteiger partial charge in [0.15, 0.2) is 0 Å². The number of benzene rings is 1. The number of fused-ring (bicyclic) bond motifs is 1. The number of nitrogens with zero attached hydrogens (tertiary/aromatic N) is 1. The topological polar surface area (TPSA) is 49.4 Å². The predicted octanol–water partition coefficient (Wildman–Crippen LogP) is 2.19. The van der Waals surface area contributed by atoms with Crippen molar-refractivity contribution in [2.45, 2.75) is 43.9 Å². The zero-order chi connectivity index (χ0) is 15.6. The molecule has 1 N–H and O–H groups in total. The Bertz CT molecular complexity index is 620. The van der Waals surface area contributed by atoms with E-state index >= 15 is 0 Å². The molecule has 0 spiro atoms. The molecule has 3 rings (SSSR count). The van der Waals surface area contributed by atoms with Crippen LogP contribution in [0, 0.1) is 5.92 Å². The smallest absolute Gasteiger partial charge is 0.243 e. The normalized spacial score (nSPS) is 20.2. The summed E-state index contributed by atoms with van der Waals surface area (Å²) in [6, 6.07) is 5.71. The van der Waals surface area contributed by atoms with Gasteiger partial charge in [-0.05, 0) is 74.4 Å². The first-order chi connectivity index (χ1) is 10.6. The van der Waals surface area contributed by atoms with Crippen LogP contribution in [0.5, 0.6) is 0 Å². The van der Waals surface area contributed by atoms with Crippen molar-refractivity contribution in [2.24, 2.45) is 5.92 Å². The number of sulfonamides is 1. The fourth-order valence-electron chi connectivity index (χ4n) is 3.56. The zero-order valence-electron chi connectivity index (χ0n) is 13.3. The Morgan fingerprint density at radius 1 is 1.18 bits per heavy atom. The van der Waals surface area contributed by atoms with Gasteiger partial charge in [0.25, 0.3) is 0 Å². The van der Waals surface area contributed by atoms with Crippen LogP contribution < -0.4 is 5.32 Å². The highest BCUT2D eigenvalue weighted by Gasteiger charge is 2.29. The summed E-state index contributed by atoms with van der Waals surface area (Å²) in [5.41, 5.74) is 2.55. The van der Waals surface area contributed by atoms with Crippen LogP contribution in [0.3, 0.4) is 0 Å². The van der Waals surface area contributed by atoms with Crippen molar-refractivity contribution < 1.29 is 8.42 Å². The van der Waals surface area contributed by atoms with Crippen molar-refractivity contribution in [1.29, 1.82) is 0 Å². The third kappa shape index (κ3) is 3.21. The Kier molecular flexibility index (Phi) is 4.85. The maximum atomic E-state index is 12.8. The second kappa shape index (κ2) is 6.69. The molecule has 5 heteroatoms. The van der Waals surface area contributed by atoms with Gasteiger partial charge in [-0.1, -0.05) is 13.0 Å². The second-order valence-corrected chi connectivity index (χ2v) is 8.38. The molecule has 1 fully saturated rings.